The average Bonchev–Trinajstić information content (AvgIpc) is 2.76. The summed E-state index contributed by atoms with van der Waals surface area (Å²) in [5, 5.41) is 1.02. The van der Waals surface area contributed by atoms with E-state index in [-0.39, 0.29) is 17.5 Å². The van der Waals surface area contributed by atoms with Crippen molar-refractivity contribution in [2.45, 2.75) is 52.6 Å². The van der Waals surface area contributed by atoms with Crippen molar-refractivity contribution in [3.63, 3.8) is 0 Å². The molecule has 1 heterocycles. The Kier molecular flexibility index (Phi) is 7.27. The van der Waals surface area contributed by atoms with Crippen molar-refractivity contribution in [1.29, 1.82) is 0 Å². The van der Waals surface area contributed by atoms with Gasteiger partial charge in [-0.15, -0.1) is 0 Å². The lowest BCUT2D eigenvalue weighted by molar-refractivity contribution is 0.0653. The van der Waals surface area contributed by atoms with Gasteiger partial charge in [0.25, 0.3) is 11.5 Å². The Balaban J connectivity index is 2.16. The third kappa shape index (κ3) is 4.26. The fraction of sp³-hybridized carbons (Fsp3) is 0.375. The van der Waals surface area contributed by atoms with Crippen LogP contribution in [-0.2, 0) is 6.54 Å². The highest BCUT2D eigenvalue weighted by Crippen LogP contribution is 2.28. The van der Waals surface area contributed by atoms with Gasteiger partial charge in [0, 0.05) is 13.1 Å². The minimum Gasteiger partial charge on any atom is -0.328 e. The van der Waals surface area contributed by atoms with Gasteiger partial charge in [0.2, 0.25) is 0 Å². The molecule has 0 saturated heterocycles. The number of aromatic nitrogens is 2. The normalized spacial score (nSPS) is 12.1. The van der Waals surface area contributed by atoms with Crippen molar-refractivity contribution in [3.05, 3.63) is 75.3 Å². The van der Waals surface area contributed by atoms with Crippen molar-refractivity contribution in [3.8, 4) is 0 Å². The van der Waals surface area contributed by atoms with Crippen LogP contribution in [0.1, 0.15) is 62.3 Å². The number of carbonyl (C=O) groups is 1. The van der Waals surface area contributed by atoms with Gasteiger partial charge in [-0.25, -0.2) is 4.98 Å². The smallest absolute Gasteiger partial charge is 0.261 e. The first-order valence-electron chi connectivity index (χ1n) is 10.6. The van der Waals surface area contributed by atoms with Gasteiger partial charge >= 0.3 is 0 Å². The number of halogens is 1. The fourth-order valence-corrected chi connectivity index (χ4v) is 4.02. The molecule has 158 valence electrons. The Bertz CT molecular complexity index is 1090. The predicted molar refractivity (Wildman–Crippen MR) is 122 cm³/mol. The molecular weight excluding hydrogens is 398 g/mol. The van der Waals surface area contributed by atoms with E-state index < -0.39 is 0 Å². The monoisotopic (exact) mass is 425 g/mol. The number of hydrogen-bond acceptors (Lipinski definition) is 3. The number of amides is 1. The van der Waals surface area contributed by atoms with Crippen molar-refractivity contribution in [1.82, 2.24) is 14.5 Å². The van der Waals surface area contributed by atoms with Crippen LogP contribution < -0.4 is 5.56 Å². The number of rotatable bonds is 8. The number of fused-ring (bicyclic) bond motifs is 1. The molecule has 0 aliphatic carbocycles. The summed E-state index contributed by atoms with van der Waals surface area (Å²) in [6.07, 6.45) is 2.45. The molecule has 0 bridgehead atoms. The largest absolute Gasteiger partial charge is 0.328 e. The van der Waals surface area contributed by atoms with Crippen LogP contribution >= 0.6 is 11.6 Å². The molecular formula is C24H28ClN3O2. The zero-order chi connectivity index (χ0) is 21.7. The van der Waals surface area contributed by atoms with E-state index in [1.165, 1.54) is 0 Å². The Morgan fingerprint density at radius 1 is 1.10 bits per heavy atom. The van der Waals surface area contributed by atoms with Gasteiger partial charge in [-0.3, -0.25) is 14.2 Å². The molecule has 30 heavy (non-hydrogen) atoms. The van der Waals surface area contributed by atoms with Crippen LogP contribution in [-0.4, -0.2) is 26.9 Å². The number of unbranched alkanes of at least 4 members (excludes halogenated alkanes) is 1. The van der Waals surface area contributed by atoms with Crippen LogP contribution in [0.2, 0.25) is 5.02 Å². The molecule has 3 rings (SSSR count). The molecule has 0 N–H and O–H groups in total. The lowest BCUT2D eigenvalue weighted by Gasteiger charge is -2.32. The maximum Gasteiger partial charge on any atom is 0.261 e. The molecule has 1 unspecified atom stereocenters. The number of nitrogens with zero attached hydrogens (tertiary/aromatic N) is 3. The molecule has 0 spiro atoms. The first kappa shape index (κ1) is 22.0. The van der Waals surface area contributed by atoms with E-state index in [0.29, 0.717) is 46.8 Å². The first-order valence-corrected chi connectivity index (χ1v) is 11.0. The quantitative estimate of drug-likeness (QED) is 0.481. The molecule has 0 radical (unpaired) electrons. The van der Waals surface area contributed by atoms with E-state index in [4.69, 9.17) is 16.6 Å². The topological polar surface area (TPSA) is 55.2 Å². The van der Waals surface area contributed by atoms with Crippen molar-refractivity contribution in [2.75, 3.05) is 6.54 Å². The molecule has 5 nitrogen and oxygen atoms in total. The number of para-hydroxylation sites is 1. The van der Waals surface area contributed by atoms with Gasteiger partial charge in [0.15, 0.2) is 0 Å². The molecule has 6 heteroatoms. The number of benzene rings is 2. The Labute approximate surface area is 182 Å². The van der Waals surface area contributed by atoms with Crippen LogP contribution in [0.4, 0.5) is 0 Å². The molecule has 1 amide bonds. The molecule has 3 aromatic rings. The zero-order valence-electron chi connectivity index (χ0n) is 17.8. The molecule has 1 aromatic heterocycles. The van der Waals surface area contributed by atoms with Crippen LogP contribution in [0.3, 0.4) is 0 Å². The van der Waals surface area contributed by atoms with Gasteiger partial charge in [0.1, 0.15) is 5.82 Å². The SMILES string of the molecule is CCCCN(C(=O)c1ccccc1Cl)C(CC)c1nc2ccccc2c(=O)n1CC. The summed E-state index contributed by atoms with van der Waals surface area (Å²) in [5.74, 6) is 0.492. The molecule has 0 fully saturated rings. The predicted octanol–water partition coefficient (Wildman–Crippen LogP) is 5.46. The van der Waals surface area contributed by atoms with Gasteiger partial charge in [-0.1, -0.05) is 56.1 Å². The van der Waals surface area contributed by atoms with Crippen LogP contribution in [0.15, 0.2) is 53.3 Å². The summed E-state index contributed by atoms with van der Waals surface area (Å²) in [7, 11) is 0. The van der Waals surface area contributed by atoms with E-state index >= 15 is 0 Å². The summed E-state index contributed by atoms with van der Waals surface area (Å²) in [6.45, 7) is 7.11. The van der Waals surface area contributed by atoms with E-state index in [1.807, 2.05) is 49.1 Å². The Morgan fingerprint density at radius 3 is 2.47 bits per heavy atom. The van der Waals surface area contributed by atoms with E-state index in [9.17, 15) is 9.59 Å². The van der Waals surface area contributed by atoms with E-state index in [1.54, 1.807) is 22.8 Å². The summed E-state index contributed by atoms with van der Waals surface area (Å²) >= 11 is 6.33. The second kappa shape index (κ2) is 9.90. The van der Waals surface area contributed by atoms with Crippen LogP contribution in [0.25, 0.3) is 10.9 Å². The highest BCUT2D eigenvalue weighted by molar-refractivity contribution is 6.33. The minimum atomic E-state index is -0.322. The lowest BCUT2D eigenvalue weighted by Crippen LogP contribution is -2.39. The maximum absolute atomic E-state index is 13.5. The highest BCUT2D eigenvalue weighted by Gasteiger charge is 2.29. The first-order chi connectivity index (χ1) is 14.5. The number of hydrogen-bond donors (Lipinski definition) is 0. The van der Waals surface area contributed by atoms with Crippen molar-refractivity contribution < 1.29 is 4.79 Å². The van der Waals surface area contributed by atoms with Gasteiger partial charge in [-0.05, 0) is 44.0 Å². The fourth-order valence-electron chi connectivity index (χ4n) is 3.80. The molecule has 0 aliphatic rings. The molecule has 2 aromatic carbocycles. The van der Waals surface area contributed by atoms with Gasteiger partial charge in [0.05, 0.1) is 27.5 Å². The summed E-state index contributed by atoms with van der Waals surface area (Å²) in [6, 6.07) is 14.1. The third-order valence-corrected chi connectivity index (χ3v) is 5.72. The van der Waals surface area contributed by atoms with E-state index in [0.717, 1.165) is 12.8 Å². The summed E-state index contributed by atoms with van der Waals surface area (Å²) < 4.78 is 1.69. The zero-order valence-corrected chi connectivity index (χ0v) is 18.5. The van der Waals surface area contributed by atoms with Crippen molar-refractivity contribution in [2.24, 2.45) is 0 Å². The van der Waals surface area contributed by atoms with Crippen LogP contribution in [0.5, 0.6) is 0 Å². The second-order valence-electron chi connectivity index (χ2n) is 7.29. The molecule has 0 saturated carbocycles. The lowest BCUT2D eigenvalue weighted by atomic mass is 10.1. The maximum atomic E-state index is 13.5. The van der Waals surface area contributed by atoms with Gasteiger partial charge in [-0.2, -0.15) is 0 Å². The minimum absolute atomic E-state index is 0.0721. The number of carbonyl (C=O) groups excluding carboxylic acids is 1. The average molecular weight is 426 g/mol. The van der Waals surface area contributed by atoms with Gasteiger partial charge < -0.3 is 4.90 Å². The third-order valence-electron chi connectivity index (χ3n) is 5.39. The second-order valence-corrected chi connectivity index (χ2v) is 7.70. The summed E-state index contributed by atoms with van der Waals surface area (Å²) in [4.78, 5) is 33.3. The molecule has 1 atom stereocenters. The molecule has 0 aliphatic heterocycles. The highest BCUT2D eigenvalue weighted by atomic mass is 35.5. The summed E-state index contributed by atoms with van der Waals surface area (Å²) in [5.41, 5.74) is 1.05. The standard InChI is InChI=1S/C24H28ClN3O2/c1-4-7-16-28(23(29)17-12-8-10-14-19(17)25)21(5-2)22-26-20-15-11-9-13-18(20)24(30)27(22)6-3/h8-15,21H,4-7,16H2,1-3H3. The van der Waals surface area contributed by atoms with Crippen LogP contribution in [0, 0.1) is 0 Å². The van der Waals surface area contributed by atoms with Crippen molar-refractivity contribution >= 4 is 28.4 Å². The van der Waals surface area contributed by atoms with E-state index in [2.05, 4.69) is 6.92 Å². The Morgan fingerprint density at radius 2 is 1.80 bits per heavy atom. The Hall–Kier alpha value is -2.66.